The van der Waals surface area contributed by atoms with E-state index in [1.54, 1.807) is 13.8 Å². The van der Waals surface area contributed by atoms with Gasteiger partial charge in [-0.05, 0) is 69.1 Å². The molecule has 0 aliphatic heterocycles. The summed E-state index contributed by atoms with van der Waals surface area (Å²) in [6.45, 7) is 11.2. The van der Waals surface area contributed by atoms with Crippen molar-refractivity contribution < 1.29 is 29.3 Å². The van der Waals surface area contributed by atoms with E-state index >= 15 is 0 Å². The van der Waals surface area contributed by atoms with E-state index in [-0.39, 0.29) is 30.0 Å². The lowest BCUT2D eigenvalue weighted by molar-refractivity contribution is -0.225. The van der Waals surface area contributed by atoms with E-state index in [9.17, 15) is 24.6 Å². The second kappa shape index (κ2) is 6.75. The fourth-order valence-electron chi connectivity index (χ4n) is 9.01. The van der Waals surface area contributed by atoms with Crippen molar-refractivity contribution in [1.82, 2.24) is 0 Å². The van der Waals surface area contributed by atoms with Crippen molar-refractivity contribution in [3.05, 3.63) is 11.6 Å². The Morgan fingerprint density at radius 2 is 1.75 bits per heavy atom. The van der Waals surface area contributed by atoms with E-state index in [2.05, 4.69) is 19.9 Å². The van der Waals surface area contributed by atoms with Gasteiger partial charge in [-0.1, -0.05) is 32.4 Å². The van der Waals surface area contributed by atoms with Gasteiger partial charge in [-0.3, -0.25) is 14.4 Å². The zero-order valence-corrected chi connectivity index (χ0v) is 20.4. The van der Waals surface area contributed by atoms with Crippen molar-refractivity contribution in [3.8, 4) is 0 Å². The Hall–Kier alpha value is -1.53. The maximum Gasteiger partial charge on any atom is 0.321 e. The van der Waals surface area contributed by atoms with Crippen LogP contribution in [0.1, 0.15) is 67.2 Å². The van der Waals surface area contributed by atoms with Crippen LogP contribution in [0.4, 0.5) is 0 Å². The predicted octanol–water partition coefficient (Wildman–Crippen LogP) is 3.09. The zero-order chi connectivity index (χ0) is 24.1. The van der Waals surface area contributed by atoms with Crippen molar-refractivity contribution in [2.24, 2.45) is 44.8 Å². The Morgan fingerprint density at radius 3 is 2.31 bits per heavy atom. The SMILES string of the molecule is COC(=O)C12C(=O)C(C)C(=O)C1(C)C(C)=CC1C3(CO)CCC(O)C(C)(C)C3CCC12C. The number of esters is 1. The smallest absolute Gasteiger partial charge is 0.321 e. The molecule has 0 heterocycles. The molecule has 3 saturated carbocycles. The van der Waals surface area contributed by atoms with E-state index in [4.69, 9.17) is 4.74 Å². The molecule has 0 bridgehead atoms. The topological polar surface area (TPSA) is 101 Å². The van der Waals surface area contributed by atoms with E-state index in [0.29, 0.717) is 31.3 Å². The van der Waals surface area contributed by atoms with Gasteiger partial charge in [0.1, 0.15) is 5.41 Å². The van der Waals surface area contributed by atoms with Gasteiger partial charge in [-0.25, -0.2) is 0 Å². The maximum atomic E-state index is 14.0. The lowest BCUT2D eigenvalue weighted by Gasteiger charge is -2.68. The summed E-state index contributed by atoms with van der Waals surface area (Å²) in [7, 11) is 1.29. The summed E-state index contributed by atoms with van der Waals surface area (Å²) in [5, 5.41) is 21.7. The third-order valence-corrected chi connectivity index (χ3v) is 10.8. The van der Waals surface area contributed by atoms with Gasteiger partial charge >= 0.3 is 5.97 Å². The molecule has 4 rings (SSSR count). The first-order chi connectivity index (χ1) is 14.7. The number of aliphatic hydroxyl groups excluding tert-OH is 2. The second-order valence-electron chi connectivity index (χ2n) is 11.9. The van der Waals surface area contributed by atoms with E-state index in [1.807, 2.05) is 13.8 Å². The average Bonchev–Trinajstić information content (AvgIpc) is 2.91. The van der Waals surface area contributed by atoms with Gasteiger partial charge in [-0.2, -0.15) is 0 Å². The third kappa shape index (κ3) is 2.17. The number of carbonyl (C=O) groups excluding carboxylic acids is 3. The number of fused-ring (bicyclic) bond motifs is 5. The lowest BCUT2D eigenvalue weighted by atomic mass is 9.33. The highest BCUT2D eigenvalue weighted by Crippen LogP contribution is 2.76. The number of ether oxygens (including phenoxy) is 1. The molecule has 8 unspecified atom stereocenters. The van der Waals surface area contributed by atoms with Gasteiger partial charge in [0, 0.05) is 12.0 Å². The molecule has 2 N–H and O–H groups in total. The van der Waals surface area contributed by atoms with Crippen LogP contribution in [0, 0.1) is 44.8 Å². The van der Waals surface area contributed by atoms with Gasteiger partial charge in [0.15, 0.2) is 11.6 Å². The number of hydrogen-bond donors (Lipinski definition) is 2. The Balaban J connectivity index is 2.05. The number of hydrogen-bond acceptors (Lipinski definition) is 6. The first-order valence-corrected chi connectivity index (χ1v) is 11.9. The summed E-state index contributed by atoms with van der Waals surface area (Å²) < 4.78 is 5.31. The van der Waals surface area contributed by atoms with E-state index in [1.165, 1.54) is 7.11 Å². The first-order valence-electron chi connectivity index (χ1n) is 11.9. The molecule has 3 fully saturated rings. The van der Waals surface area contributed by atoms with Crippen molar-refractivity contribution >= 4 is 17.5 Å². The third-order valence-electron chi connectivity index (χ3n) is 10.8. The molecule has 178 valence electrons. The first kappa shape index (κ1) is 23.6. The Labute approximate surface area is 190 Å². The van der Waals surface area contributed by atoms with Crippen LogP contribution in [0.5, 0.6) is 0 Å². The van der Waals surface area contributed by atoms with Crippen LogP contribution in [0.15, 0.2) is 11.6 Å². The molecule has 32 heavy (non-hydrogen) atoms. The summed E-state index contributed by atoms with van der Waals surface area (Å²) in [6.07, 6.45) is 3.97. The molecule has 8 atom stereocenters. The fourth-order valence-corrected chi connectivity index (χ4v) is 9.01. The summed E-state index contributed by atoms with van der Waals surface area (Å²) in [5.74, 6) is -2.36. The number of ketones is 2. The summed E-state index contributed by atoms with van der Waals surface area (Å²) in [5.41, 5.74) is -4.06. The molecular formula is C26H38O6. The summed E-state index contributed by atoms with van der Waals surface area (Å²) in [4.78, 5) is 41.2. The van der Waals surface area contributed by atoms with Gasteiger partial charge in [0.05, 0.1) is 24.5 Å². The highest BCUT2D eigenvalue weighted by atomic mass is 16.5. The minimum absolute atomic E-state index is 0.0227. The van der Waals surface area contributed by atoms with Crippen molar-refractivity contribution in [2.45, 2.75) is 73.3 Å². The van der Waals surface area contributed by atoms with E-state index < -0.39 is 45.1 Å². The van der Waals surface area contributed by atoms with E-state index in [0.717, 1.165) is 0 Å². The van der Waals surface area contributed by atoms with Crippen LogP contribution < -0.4 is 0 Å². The number of carbonyl (C=O) groups is 3. The van der Waals surface area contributed by atoms with Crippen LogP contribution in [0.25, 0.3) is 0 Å². The Kier molecular flexibility index (Phi) is 4.99. The maximum absolute atomic E-state index is 14.0. The van der Waals surface area contributed by atoms with Gasteiger partial charge in [0.2, 0.25) is 0 Å². The number of rotatable bonds is 2. The standard InChI is InChI=1S/C26H38O6/c1-14-12-17-23(5,10-8-16-22(3,4)18(28)9-11-25(16,17)13-27)26(21(31)32-7)20(30)15(2)19(29)24(14,26)6/h12,15-18,27-28H,8-11,13H2,1-7H3. The predicted molar refractivity (Wildman–Crippen MR) is 118 cm³/mol. The van der Waals surface area contributed by atoms with Crippen molar-refractivity contribution in [2.75, 3.05) is 13.7 Å². The quantitative estimate of drug-likeness (QED) is 0.384. The van der Waals surface area contributed by atoms with Crippen molar-refractivity contribution in [1.29, 1.82) is 0 Å². The van der Waals surface area contributed by atoms with Gasteiger partial charge in [0.25, 0.3) is 0 Å². The van der Waals surface area contributed by atoms with Crippen LogP contribution in [0.2, 0.25) is 0 Å². The minimum Gasteiger partial charge on any atom is -0.468 e. The number of methoxy groups -OCH3 is 1. The average molecular weight is 447 g/mol. The molecule has 6 heteroatoms. The molecule has 0 aromatic carbocycles. The van der Waals surface area contributed by atoms with Crippen LogP contribution in [-0.2, 0) is 19.1 Å². The number of allylic oxidation sites excluding steroid dienone is 2. The largest absolute Gasteiger partial charge is 0.468 e. The highest BCUT2D eigenvalue weighted by molar-refractivity contribution is 6.25. The summed E-state index contributed by atoms with van der Waals surface area (Å²) >= 11 is 0. The number of aliphatic hydroxyl groups is 2. The van der Waals surface area contributed by atoms with Crippen LogP contribution in [-0.4, -0.2) is 47.6 Å². The molecule has 0 aromatic heterocycles. The molecule has 0 spiro atoms. The molecule has 0 aromatic rings. The highest BCUT2D eigenvalue weighted by Gasteiger charge is 2.82. The fraction of sp³-hybridized carbons (Fsp3) is 0.808. The number of Topliss-reactive ketones (excluding diaryl/α,β-unsaturated/α-hetero) is 2. The zero-order valence-electron chi connectivity index (χ0n) is 20.4. The van der Waals surface area contributed by atoms with Gasteiger partial charge in [-0.15, -0.1) is 0 Å². The molecule has 6 nitrogen and oxygen atoms in total. The van der Waals surface area contributed by atoms with Crippen molar-refractivity contribution in [3.63, 3.8) is 0 Å². The minimum atomic E-state index is -1.62. The second-order valence-corrected chi connectivity index (χ2v) is 11.9. The Morgan fingerprint density at radius 1 is 1.12 bits per heavy atom. The molecule has 0 saturated heterocycles. The van der Waals surface area contributed by atoms with Crippen LogP contribution in [0.3, 0.4) is 0 Å². The Bertz CT molecular complexity index is 919. The lowest BCUT2D eigenvalue weighted by Crippen LogP contribution is -2.70. The monoisotopic (exact) mass is 446 g/mol. The van der Waals surface area contributed by atoms with Gasteiger partial charge < -0.3 is 14.9 Å². The molecule has 4 aliphatic rings. The molecule has 0 radical (unpaired) electrons. The molecule has 0 amide bonds. The normalized spacial score (nSPS) is 49.6. The molecular weight excluding hydrogens is 408 g/mol. The summed E-state index contributed by atoms with van der Waals surface area (Å²) in [6, 6.07) is 0. The molecule has 4 aliphatic carbocycles. The van der Waals surface area contributed by atoms with Crippen LogP contribution >= 0.6 is 0 Å².